The van der Waals surface area contributed by atoms with Crippen LogP contribution in [0.2, 0.25) is 0 Å². The third-order valence-corrected chi connectivity index (χ3v) is 4.17. The molecular formula is C14H20F6O2. The van der Waals surface area contributed by atoms with Gasteiger partial charge >= 0.3 is 12.4 Å². The molecule has 0 heterocycles. The highest BCUT2D eigenvalue weighted by Crippen LogP contribution is 2.37. The zero-order valence-corrected chi connectivity index (χ0v) is 12.0. The van der Waals surface area contributed by atoms with Gasteiger partial charge in [-0.05, 0) is 38.5 Å². The predicted octanol–water partition coefficient (Wildman–Crippen LogP) is 4.41. The van der Waals surface area contributed by atoms with Gasteiger partial charge in [-0.2, -0.15) is 26.3 Å². The molecule has 0 saturated heterocycles. The number of alkyl halides is 6. The molecule has 0 aliphatic heterocycles. The highest BCUT2D eigenvalue weighted by atomic mass is 19.4. The lowest BCUT2D eigenvalue weighted by Crippen LogP contribution is -2.29. The number of hydrogen-bond acceptors (Lipinski definition) is 2. The van der Waals surface area contributed by atoms with Crippen LogP contribution in [0.3, 0.4) is 0 Å². The van der Waals surface area contributed by atoms with E-state index in [1.807, 2.05) is 0 Å². The molecule has 2 saturated carbocycles. The molecule has 130 valence electrons. The van der Waals surface area contributed by atoms with Crippen LogP contribution in [0.4, 0.5) is 26.3 Å². The number of aliphatic hydroxyl groups is 1. The smallest absolute Gasteiger partial charge is 0.391 e. The van der Waals surface area contributed by atoms with E-state index in [0.29, 0.717) is 12.8 Å². The lowest BCUT2D eigenvalue weighted by Gasteiger charge is -2.26. The lowest BCUT2D eigenvalue weighted by atomic mass is 9.87. The topological polar surface area (TPSA) is 37.3 Å². The molecular weight excluding hydrogens is 314 g/mol. The van der Waals surface area contributed by atoms with E-state index in [2.05, 4.69) is 0 Å². The third kappa shape index (κ3) is 6.54. The standard InChI is InChI=1S/C7H11F3O.C7H9F3O/c2*8-7(9,10)5-1-3-6(11)4-2-5/h5-6,11H,1-4H2;5H,1-4H2. The summed E-state index contributed by atoms with van der Waals surface area (Å²) in [5.41, 5.74) is 0. The normalized spacial score (nSPS) is 28.0. The van der Waals surface area contributed by atoms with Crippen molar-refractivity contribution >= 4 is 5.78 Å². The van der Waals surface area contributed by atoms with Gasteiger partial charge < -0.3 is 5.11 Å². The van der Waals surface area contributed by atoms with Gasteiger partial charge in [-0.3, -0.25) is 4.79 Å². The Morgan fingerprint density at radius 2 is 1.09 bits per heavy atom. The number of carbonyl (C=O) groups is 1. The maximum atomic E-state index is 12.0. The SMILES string of the molecule is O=C1CCC(C(F)(F)F)CC1.OC1CCC(C(F)(F)F)CC1. The Bertz CT molecular complexity index is 345. The van der Waals surface area contributed by atoms with Gasteiger partial charge in [-0.25, -0.2) is 0 Å². The van der Waals surface area contributed by atoms with Gasteiger partial charge in [0.25, 0.3) is 0 Å². The van der Waals surface area contributed by atoms with E-state index < -0.39 is 30.3 Å². The second kappa shape index (κ2) is 7.66. The molecule has 2 rings (SSSR count). The Labute approximate surface area is 124 Å². The van der Waals surface area contributed by atoms with E-state index in [4.69, 9.17) is 5.11 Å². The first kappa shape index (κ1) is 19.3. The number of carbonyl (C=O) groups excluding carboxylic acids is 1. The van der Waals surface area contributed by atoms with Gasteiger partial charge in [-0.1, -0.05) is 0 Å². The minimum atomic E-state index is -4.10. The average molecular weight is 334 g/mol. The van der Waals surface area contributed by atoms with E-state index in [1.165, 1.54) is 0 Å². The molecule has 0 aromatic rings. The van der Waals surface area contributed by atoms with Crippen molar-refractivity contribution in [2.24, 2.45) is 11.8 Å². The molecule has 0 amide bonds. The minimum Gasteiger partial charge on any atom is -0.393 e. The zero-order valence-electron chi connectivity index (χ0n) is 12.0. The van der Waals surface area contributed by atoms with Crippen LogP contribution in [0.1, 0.15) is 51.4 Å². The van der Waals surface area contributed by atoms with Crippen molar-refractivity contribution in [3.63, 3.8) is 0 Å². The van der Waals surface area contributed by atoms with E-state index in [-0.39, 0.29) is 44.3 Å². The Morgan fingerprint density at radius 1 is 0.727 bits per heavy atom. The van der Waals surface area contributed by atoms with Crippen LogP contribution in [0.15, 0.2) is 0 Å². The average Bonchev–Trinajstić information content (AvgIpc) is 2.38. The summed E-state index contributed by atoms with van der Waals surface area (Å²) in [6.07, 6.45) is -7.71. The number of ketones is 1. The summed E-state index contributed by atoms with van der Waals surface area (Å²) < 4.78 is 71.8. The van der Waals surface area contributed by atoms with Crippen molar-refractivity contribution in [2.75, 3.05) is 0 Å². The fourth-order valence-electron chi connectivity index (χ4n) is 2.67. The number of rotatable bonds is 0. The van der Waals surface area contributed by atoms with Gasteiger partial charge in [0.2, 0.25) is 0 Å². The molecule has 22 heavy (non-hydrogen) atoms. The van der Waals surface area contributed by atoms with E-state index in [0.717, 1.165) is 0 Å². The summed E-state index contributed by atoms with van der Waals surface area (Å²) in [6, 6.07) is 0. The predicted molar refractivity (Wildman–Crippen MR) is 67.0 cm³/mol. The van der Waals surface area contributed by atoms with Crippen LogP contribution in [-0.4, -0.2) is 29.3 Å². The Balaban J connectivity index is 0.000000220. The number of Topliss-reactive ketones (excluding diaryl/α,β-unsaturated/α-hetero) is 1. The fraction of sp³-hybridized carbons (Fsp3) is 0.929. The maximum absolute atomic E-state index is 12.0. The molecule has 0 atom stereocenters. The first-order valence-corrected chi connectivity index (χ1v) is 7.33. The summed E-state index contributed by atoms with van der Waals surface area (Å²) in [6.45, 7) is 0. The second-order valence-electron chi connectivity index (χ2n) is 5.90. The first-order valence-electron chi connectivity index (χ1n) is 7.33. The van der Waals surface area contributed by atoms with Crippen molar-refractivity contribution < 1.29 is 36.2 Å². The third-order valence-electron chi connectivity index (χ3n) is 4.17. The molecule has 1 N–H and O–H groups in total. The van der Waals surface area contributed by atoms with Crippen LogP contribution in [0.25, 0.3) is 0 Å². The molecule has 0 bridgehead atoms. The highest BCUT2D eigenvalue weighted by Gasteiger charge is 2.41. The van der Waals surface area contributed by atoms with Crippen LogP contribution < -0.4 is 0 Å². The summed E-state index contributed by atoms with van der Waals surface area (Å²) in [7, 11) is 0. The highest BCUT2D eigenvalue weighted by molar-refractivity contribution is 5.79. The monoisotopic (exact) mass is 334 g/mol. The molecule has 2 nitrogen and oxygen atoms in total. The number of hydrogen-bond donors (Lipinski definition) is 1. The minimum absolute atomic E-state index is 0.0116. The van der Waals surface area contributed by atoms with Crippen LogP contribution in [0, 0.1) is 11.8 Å². The molecule has 0 spiro atoms. The zero-order chi connectivity index (χ0) is 17.0. The van der Waals surface area contributed by atoms with Gasteiger partial charge in [0.1, 0.15) is 5.78 Å². The van der Waals surface area contributed by atoms with E-state index >= 15 is 0 Å². The second-order valence-corrected chi connectivity index (χ2v) is 5.90. The van der Waals surface area contributed by atoms with E-state index in [1.54, 1.807) is 0 Å². The van der Waals surface area contributed by atoms with E-state index in [9.17, 15) is 31.1 Å². The molecule has 2 aliphatic rings. The van der Waals surface area contributed by atoms with Gasteiger partial charge in [0.15, 0.2) is 0 Å². The van der Waals surface area contributed by atoms with Gasteiger partial charge in [0.05, 0.1) is 17.9 Å². The van der Waals surface area contributed by atoms with Crippen molar-refractivity contribution in [2.45, 2.75) is 69.8 Å². The molecule has 0 unspecified atom stereocenters. The Morgan fingerprint density at radius 3 is 1.45 bits per heavy atom. The largest absolute Gasteiger partial charge is 0.393 e. The summed E-state index contributed by atoms with van der Waals surface area (Å²) >= 11 is 0. The van der Waals surface area contributed by atoms with Gasteiger partial charge in [0, 0.05) is 12.8 Å². The van der Waals surface area contributed by atoms with Crippen LogP contribution in [-0.2, 0) is 4.79 Å². The number of aliphatic hydroxyl groups excluding tert-OH is 1. The first-order chi connectivity index (χ1) is 10.00. The fourth-order valence-corrected chi connectivity index (χ4v) is 2.67. The Kier molecular flexibility index (Phi) is 6.70. The van der Waals surface area contributed by atoms with Crippen molar-refractivity contribution in [1.82, 2.24) is 0 Å². The van der Waals surface area contributed by atoms with Crippen molar-refractivity contribution in [1.29, 1.82) is 0 Å². The van der Waals surface area contributed by atoms with Crippen molar-refractivity contribution in [3.8, 4) is 0 Å². The summed E-state index contributed by atoms with van der Waals surface area (Å²) in [5.74, 6) is -2.45. The summed E-state index contributed by atoms with van der Waals surface area (Å²) in [5, 5.41) is 8.93. The molecule has 2 aliphatic carbocycles. The molecule has 2 fully saturated rings. The molecule has 0 aromatic heterocycles. The Hall–Kier alpha value is -0.790. The lowest BCUT2D eigenvalue weighted by molar-refractivity contribution is -0.186. The van der Waals surface area contributed by atoms with Crippen molar-refractivity contribution in [3.05, 3.63) is 0 Å². The maximum Gasteiger partial charge on any atom is 0.391 e. The molecule has 0 radical (unpaired) electrons. The van der Waals surface area contributed by atoms with Gasteiger partial charge in [-0.15, -0.1) is 0 Å². The summed E-state index contributed by atoms with van der Waals surface area (Å²) in [4.78, 5) is 10.6. The van der Waals surface area contributed by atoms with Crippen LogP contribution >= 0.6 is 0 Å². The quantitative estimate of drug-likeness (QED) is 0.667. The molecule has 8 heteroatoms. The van der Waals surface area contributed by atoms with Crippen LogP contribution in [0.5, 0.6) is 0 Å². The molecule has 0 aromatic carbocycles. The number of halogens is 6.